The average molecular weight is 453 g/mol. The number of hydrogen-bond acceptors (Lipinski definition) is 5. The molecule has 1 amide bonds. The third-order valence-corrected chi connectivity index (χ3v) is 6.08. The van der Waals surface area contributed by atoms with Gasteiger partial charge in [0, 0.05) is 16.1 Å². The van der Waals surface area contributed by atoms with Crippen molar-refractivity contribution < 1.29 is 9.18 Å². The summed E-state index contributed by atoms with van der Waals surface area (Å²) in [6, 6.07) is 11.5. The number of aromatic nitrogens is 3. The molecular weight excluding hydrogens is 442 g/mol. The van der Waals surface area contributed by atoms with Gasteiger partial charge in [0.1, 0.15) is 5.82 Å². The first-order valence-electron chi connectivity index (χ1n) is 7.97. The van der Waals surface area contributed by atoms with Gasteiger partial charge in [0.05, 0.1) is 16.5 Å². The molecule has 10 heteroatoms. The van der Waals surface area contributed by atoms with Crippen molar-refractivity contribution in [3.05, 3.63) is 63.7 Å². The normalized spacial score (nSPS) is 11.1. The van der Waals surface area contributed by atoms with Gasteiger partial charge in [0.25, 0.3) is 0 Å². The standard InChI is InChI=1S/C18H11Cl2FN4OS2/c19-11-3-1-10(2-4-11)15-8-27-17-23-24-18(25(15)17)28-9-16(26)22-12-5-6-14(21)13(20)7-12/h1-8H,9H2,(H,22,26). The highest BCUT2D eigenvalue weighted by Crippen LogP contribution is 2.30. The van der Waals surface area contributed by atoms with Crippen LogP contribution in [0.3, 0.4) is 0 Å². The molecule has 0 spiro atoms. The van der Waals surface area contributed by atoms with Crippen LogP contribution in [0, 0.1) is 5.82 Å². The van der Waals surface area contributed by atoms with Gasteiger partial charge in [0.15, 0.2) is 5.16 Å². The van der Waals surface area contributed by atoms with Gasteiger partial charge in [-0.2, -0.15) is 0 Å². The van der Waals surface area contributed by atoms with Crippen LogP contribution < -0.4 is 5.32 Å². The molecule has 2 aromatic carbocycles. The number of hydrogen-bond donors (Lipinski definition) is 1. The fraction of sp³-hybridized carbons (Fsp3) is 0.0556. The molecule has 0 aliphatic rings. The van der Waals surface area contributed by atoms with E-state index in [1.54, 1.807) is 0 Å². The quantitative estimate of drug-likeness (QED) is 0.398. The van der Waals surface area contributed by atoms with Crippen molar-refractivity contribution in [3.8, 4) is 11.3 Å². The maximum atomic E-state index is 13.2. The lowest BCUT2D eigenvalue weighted by Crippen LogP contribution is -2.14. The second kappa shape index (κ2) is 8.08. The number of benzene rings is 2. The van der Waals surface area contributed by atoms with Crippen LogP contribution in [0.2, 0.25) is 10.0 Å². The second-order valence-corrected chi connectivity index (χ2v) is 8.32. The van der Waals surface area contributed by atoms with Crippen LogP contribution in [0.15, 0.2) is 53.0 Å². The molecule has 5 nitrogen and oxygen atoms in total. The van der Waals surface area contributed by atoms with Gasteiger partial charge in [0.2, 0.25) is 10.9 Å². The first-order chi connectivity index (χ1) is 13.5. The Morgan fingerprint density at radius 3 is 2.71 bits per heavy atom. The third kappa shape index (κ3) is 4.00. The highest BCUT2D eigenvalue weighted by molar-refractivity contribution is 7.99. The smallest absolute Gasteiger partial charge is 0.234 e. The molecule has 2 heterocycles. The van der Waals surface area contributed by atoms with E-state index in [1.165, 1.54) is 41.3 Å². The number of carbonyl (C=O) groups is 1. The number of halogens is 3. The third-order valence-electron chi connectivity index (χ3n) is 3.80. The van der Waals surface area contributed by atoms with Crippen molar-refractivity contribution in [1.29, 1.82) is 0 Å². The number of nitrogens with one attached hydrogen (secondary N) is 1. The molecule has 142 valence electrons. The number of rotatable bonds is 5. The summed E-state index contributed by atoms with van der Waals surface area (Å²) in [5, 5.41) is 14.2. The number of anilines is 1. The Hall–Kier alpha value is -2.13. The van der Waals surface area contributed by atoms with Crippen LogP contribution >= 0.6 is 46.3 Å². The lowest BCUT2D eigenvalue weighted by Gasteiger charge is -2.06. The van der Waals surface area contributed by atoms with Crippen LogP contribution in [0.25, 0.3) is 16.2 Å². The number of thioether (sulfide) groups is 1. The molecule has 0 bridgehead atoms. The molecule has 0 saturated carbocycles. The first kappa shape index (κ1) is 19.2. The highest BCUT2D eigenvalue weighted by atomic mass is 35.5. The topological polar surface area (TPSA) is 59.3 Å². The van der Waals surface area contributed by atoms with Crippen LogP contribution in [0.1, 0.15) is 0 Å². The van der Waals surface area contributed by atoms with Gasteiger partial charge in [-0.15, -0.1) is 21.5 Å². The lowest BCUT2D eigenvalue weighted by atomic mass is 10.2. The van der Waals surface area contributed by atoms with Gasteiger partial charge in [-0.05, 0) is 35.9 Å². The molecule has 0 unspecified atom stereocenters. The maximum Gasteiger partial charge on any atom is 0.234 e. The zero-order valence-corrected chi connectivity index (χ0v) is 17.2. The molecule has 0 saturated heterocycles. The zero-order valence-electron chi connectivity index (χ0n) is 14.0. The molecular formula is C18H11Cl2FN4OS2. The van der Waals surface area contributed by atoms with Gasteiger partial charge >= 0.3 is 0 Å². The summed E-state index contributed by atoms with van der Waals surface area (Å²) in [7, 11) is 0. The Bertz CT molecular complexity index is 1160. The van der Waals surface area contributed by atoms with Crippen molar-refractivity contribution in [2.45, 2.75) is 5.16 Å². The van der Waals surface area contributed by atoms with Gasteiger partial charge in [-0.1, -0.05) is 47.1 Å². The Kier molecular flexibility index (Phi) is 5.54. The summed E-state index contributed by atoms with van der Waals surface area (Å²) in [6.45, 7) is 0. The first-order valence-corrected chi connectivity index (χ1v) is 10.6. The highest BCUT2D eigenvalue weighted by Gasteiger charge is 2.15. The molecule has 0 aliphatic carbocycles. The van der Waals surface area contributed by atoms with Crippen molar-refractivity contribution in [2.24, 2.45) is 0 Å². The molecule has 2 aromatic heterocycles. The minimum Gasteiger partial charge on any atom is -0.325 e. The van der Waals surface area contributed by atoms with E-state index in [0.717, 1.165) is 16.2 Å². The monoisotopic (exact) mass is 452 g/mol. The van der Waals surface area contributed by atoms with Crippen molar-refractivity contribution >= 4 is 62.9 Å². The van der Waals surface area contributed by atoms with Crippen molar-refractivity contribution in [1.82, 2.24) is 14.6 Å². The van der Waals surface area contributed by atoms with E-state index in [1.807, 2.05) is 34.0 Å². The van der Waals surface area contributed by atoms with E-state index in [-0.39, 0.29) is 16.7 Å². The summed E-state index contributed by atoms with van der Waals surface area (Å²) in [6.07, 6.45) is 0. The molecule has 0 atom stereocenters. The Morgan fingerprint density at radius 1 is 1.18 bits per heavy atom. The SMILES string of the molecule is O=C(CSc1nnc2scc(-c3ccc(Cl)cc3)n12)Nc1ccc(F)c(Cl)c1. The minimum atomic E-state index is -0.535. The summed E-state index contributed by atoms with van der Waals surface area (Å²) < 4.78 is 15.1. The minimum absolute atomic E-state index is 0.0458. The summed E-state index contributed by atoms with van der Waals surface area (Å²) in [5.41, 5.74) is 2.33. The number of fused-ring (bicyclic) bond motifs is 1. The van der Waals surface area contributed by atoms with E-state index in [9.17, 15) is 9.18 Å². The fourth-order valence-electron chi connectivity index (χ4n) is 2.51. The molecule has 4 aromatic rings. The van der Waals surface area contributed by atoms with Crippen LogP contribution in [0.5, 0.6) is 0 Å². The maximum absolute atomic E-state index is 13.2. The number of amides is 1. The van der Waals surface area contributed by atoms with E-state index in [2.05, 4.69) is 15.5 Å². The predicted molar refractivity (Wildman–Crippen MR) is 112 cm³/mol. The summed E-state index contributed by atoms with van der Waals surface area (Å²) in [4.78, 5) is 13.0. The molecule has 28 heavy (non-hydrogen) atoms. The van der Waals surface area contributed by atoms with Crippen LogP contribution in [-0.2, 0) is 4.79 Å². The Morgan fingerprint density at radius 2 is 1.96 bits per heavy atom. The second-order valence-electron chi connectivity index (χ2n) is 5.69. The lowest BCUT2D eigenvalue weighted by molar-refractivity contribution is -0.113. The molecule has 0 fully saturated rings. The fourth-order valence-corrected chi connectivity index (χ4v) is 4.46. The van der Waals surface area contributed by atoms with Gasteiger partial charge in [-0.3, -0.25) is 9.20 Å². The predicted octanol–water partition coefficient (Wildman–Crippen LogP) is 5.63. The van der Waals surface area contributed by atoms with Gasteiger partial charge in [-0.25, -0.2) is 4.39 Å². The largest absolute Gasteiger partial charge is 0.325 e. The van der Waals surface area contributed by atoms with Crippen LogP contribution in [-0.4, -0.2) is 26.3 Å². The summed E-state index contributed by atoms with van der Waals surface area (Å²) >= 11 is 14.4. The molecule has 4 rings (SSSR count). The Labute approximate surface area is 177 Å². The van der Waals surface area contributed by atoms with E-state index in [0.29, 0.717) is 15.9 Å². The molecule has 1 N–H and O–H groups in total. The van der Waals surface area contributed by atoms with Crippen molar-refractivity contribution in [3.63, 3.8) is 0 Å². The van der Waals surface area contributed by atoms with E-state index < -0.39 is 5.82 Å². The van der Waals surface area contributed by atoms with Crippen LogP contribution in [0.4, 0.5) is 10.1 Å². The van der Waals surface area contributed by atoms with E-state index >= 15 is 0 Å². The van der Waals surface area contributed by atoms with E-state index in [4.69, 9.17) is 23.2 Å². The summed E-state index contributed by atoms with van der Waals surface area (Å²) in [5.74, 6) is -0.675. The van der Waals surface area contributed by atoms with Gasteiger partial charge < -0.3 is 5.32 Å². The number of carbonyl (C=O) groups excluding carboxylic acids is 1. The number of thiazole rings is 1. The van der Waals surface area contributed by atoms with Crippen molar-refractivity contribution in [2.75, 3.05) is 11.1 Å². The zero-order chi connectivity index (χ0) is 19.7. The molecule has 0 aliphatic heterocycles. The number of nitrogens with zero attached hydrogens (tertiary/aromatic N) is 3. The Balaban J connectivity index is 1.50. The molecule has 0 radical (unpaired) electrons. The average Bonchev–Trinajstić information content (AvgIpc) is 3.26.